The van der Waals surface area contributed by atoms with Crippen LogP contribution in [0, 0.1) is 5.92 Å². The molecule has 9 heteroatoms. The Bertz CT molecular complexity index is 768. The third-order valence-electron chi connectivity index (χ3n) is 5.17. The Labute approximate surface area is 176 Å². The Kier molecular flexibility index (Phi) is 8.35. The molecule has 3 atom stereocenters. The van der Waals surface area contributed by atoms with Gasteiger partial charge >= 0.3 is 5.97 Å². The molecular formula is C21H30N4O5. The number of hydrogen-bond acceptors (Lipinski definition) is 5. The van der Waals surface area contributed by atoms with Crippen molar-refractivity contribution in [3.05, 3.63) is 35.9 Å². The molecule has 1 aliphatic rings. The van der Waals surface area contributed by atoms with Gasteiger partial charge in [0.2, 0.25) is 17.7 Å². The number of rotatable bonds is 9. The molecule has 3 amide bonds. The molecule has 0 aromatic heterocycles. The lowest BCUT2D eigenvalue weighted by Crippen LogP contribution is -2.58. The van der Waals surface area contributed by atoms with Crippen molar-refractivity contribution in [2.45, 2.75) is 51.2 Å². The summed E-state index contributed by atoms with van der Waals surface area (Å²) in [7, 11) is 0. The van der Waals surface area contributed by atoms with Gasteiger partial charge in [0.25, 0.3) is 0 Å². The summed E-state index contributed by atoms with van der Waals surface area (Å²) in [4.78, 5) is 50.7. The number of likely N-dealkylation sites (tertiary alicyclic amines) is 1. The van der Waals surface area contributed by atoms with E-state index in [9.17, 15) is 24.3 Å². The molecular weight excluding hydrogens is 388 g/mol. The van der Waals surface area contributed by atoms with Gasteiger partial charge in [-0.1, -0.05) is 44.2 Å². The Morgan fingerprint density at radius 3 is 2.40 bits per heavy atom. The van der Waals surface area contributed by atoms with E-state index in [4.69, 9.17) is 5.73 Å². The molecule has 1 aromatic carbocycles. The molecule has 2 rings (SSSR count). The van der Waals surface area contributed by atoms with Gasteiger partial charge in [0.1, 0.15) is 18.1 Å². The summed E-state index contributed by atoms with van der Waals surface area (Å²) in [6.45, 7) is 3.62. The maximum absolute atomic E-state index is 13.2. The highest BCUT2D eigenvalue weighted by atomic mass is 16.4. The number of nitrogens with one attached hydrogen (secondary N) is 2. The molecule has 164 valence electrons. The van der Waals surface area contributed by atoms with Crippen molar-refractivity contribution in [2.75, 3.05) is 13.1 Å². The molecule has 1 aromatic rings. The van der Waals surface area contributed by atoms with Crippen molar-refractivity contribution in [2.24, 2.45) is 11.7 Å². The third-order valence-corrected chi connectivity index (χ3v) is 5.17. The average Bonchev–Trinajstić information content (AvgIpc) is 3.21. The van der Waals surface area contributed by atoms with E-state index in [1.54, 1.807) is 13.8 Å². The van der Waals surface area contributed by atoms with E-state index in [1.807, 2.05) is 30.3 Å². The van der Waals surface area contributed by atoms with Gasteiger partial charge in [0.05, 0.1) is 6.54 Å². The quantitative estimate of drug-likeness (QED) is 0.441. The smallest absolute Gasteiger partial charge is 0.326 e. The van der Waals surface area contributed by atoms with Crippen LogP contribution in [0.5, 0.6) is 0 Å². The number of carboxylic acid groups (broad SMARTS) is 1. The van der Waals surface area contributed by atoms with Crippen molar-refractivity contribution in [1.29, 1.82) is 0 Å². The zero-order valence-corrected chi connectivity index (χ0v) is 17.3. The molecule has 0 aliphatic carbocycles. The largest absolute Gasteiger partial charge is 0.480 e. The minimum Gasteiger partial charge on any atom is -0.480 e. The number of carboxylic acids is 1. The Balaban J connectivity index is 2.24. The maximum Gasteiger partial charge on any atom is 0.326 e. The fourth-order valence-electron chi connectivity index (χ4n) is 3.57. The first kappa shape index (κ1) is 23.3. The van der Waals surface area contributed by atoms with Gasteiger partial charge < -0.3 is 26.4 Å². The van der Waals surface area contributed by atoms with Gasteiger partial charge in [-0.15, -0.1) is 0 Å². The highest BCUT2D eigenvalue weighted by molar-refractivity contribution is 5.94. The van der Waals surface area contributed by atoms with E-state index >= 15 is 0 Å². The molecule has 0 spiro atoms. The molecule has 3 unspecified atom stereocenters. The van der Waals surface area contributed by atoms with Crippen molar-refractivity contribution in [3.8, 4) is 0 Å². The molecule has 0 saturated carbocycles. The molecule has 1 aliphatic heterocycles. The Morgan fingerprint density at radius 2 is 1.83 bits per heavy atom. The second-order valence-electron chi connectivity index (χ2n) is 7.77. The SMILES string of the molecule is CC(C)C(NC(=O)CN)C(=O)NC(Cc1ccccc1)C(=O)N1CCCC1C(=O)O. The van der Waals surface area contributed by atoms with Crippen LogP contribution >= 0.6 is 0 Å². The van der Waals surface area contributed by atoms with Crippen LogP contribution in [0.4, 0.5) is 0 Å². The van der Waals surface area contributed by atoms with Crippen LogP contribution in [0.15, 0.2) is 30.3 Å². The maximum atomic E-state index is 13.2. The summed E-state index contributed by atoms with van der Waals surface area (Å²) in [5.74, 6) is -2.70. The predicted octanol–water partition coefficient (Wildman–Crippen LogP) is -0.111. The Hall–Kier alpha value is -2.94. The van der Waals surface area contributed by atoms with Crippen LogP contribution in [0.3, 0.4) is 0 Å². The summed E-state index contributed by atoms with van der Waals surface area (Å²) in [5.41, 5.74) is 6.17. The van der Waals surface area contributed by atoms with Gasteiger partial charge in [-0.25, -0.2) is 4.79 Å². The first-order chi connectivity index (χ1) is 14.2. The highest BCUT2D eigenvalue weighted by Gasteiger charge is 2.38. The number of benzene rings is 1. The van der Waals surface area contributed by atoms with E-state index in [0.29, 0.717) is 19.4 Å². The lowest BCUT2D eigenvalue weighted by atomic mass is 10.0. The second-order valence-corrected chi connectivity index (χ2v) is 7.77. The predicted molar refractivity (Wildman–Crippen MR) is 110 cm³/mol. The molecule has 30 heavy (non-hydrogen) atoms. The van der Waals surface area contributed by atoms with Crippen LogP contribution in [0.2, 0.25) is 0 Å². The molecule has 1 saturated heterocycles. The molecule has 1 fully saturated rings. The van der Waals surface area contributed by atoms with Crippen LogP contribution in [0.25, 0.3) is 0 Å². The number of amides is 3. The summed E-state index contributed by atoms with van der Waals surface area (Å²) in [6.07, 6.45) is 1.19. The summed E-state index contributed by atoms with van der Waals surface area (Å²) >= 11 is 0. The summed E-state index contributed by atoms with van der Waals surface area (Å²) in [6, 6.07) is 6.46. The first-order valence-electron chi connectivity index (χ1n) is 10.1. The molecule has 0 radical (unpaired) electrons. The van der Waals surface area contributed by atoms with E-state index < -0.39 is 41.8 Å². The van der Waals surface area contributed by atoms with Crippen LogP contribution < -0.4 is 16.4 Å². The standard InChI is InChI=1S/C21H30N4O5/c1-13(2)18(24-17(26)12-22)19(27)23-15(11-14-7-4-3-5-8-14)20(28)25-10-6-9-16(25)21(29)30/h3-5,7-8,13,15-16,18H,6,9-12,22H2,1-2H3,(H,23,27)(H,24,26)(H,29,30). The van der Waals surface area contributed by atoms with E-state index in [1.165, 1.54) is 4.90 Å². The number of nitrogens with zero attached hydrogens (tertiary/aromatic N) is 1. The number of aliphatic carboxylic acids is 1. The summed E-state index contributed by atoms with van der Waals surface area (Å²) in [5, 5.41) is 14.7. The second kappa shape index (κ2) is 10.7. The normalized spacial score (nSPS) is 18.0. The zero-order chi connectivity index (χ0) is 22.3. The molecule has 1 heterocycles. The highest BCUT2D eigenvalue weighted by Crippen LogP contribution is 2.20. The first-order valence-corrected chi connectivity index (χ1v) is 10.1. The average molecular weight is 418 g/mol. The third kappa shape index (κ3) is 6.03. The number of nitrogens with two attached hydrogens (primary N) is 1. The number of carbonyl (C=O) groups is 4. The van der Waals surface area contributed by atoms with Crippen molar-refractivity contribution >= 4 is 23.7 Å². The minimum atomic E-state index is -1.05. The number of hydrogen-bond donors (Lipinski definition) is 4. The minimum absolute atomic E-state index is 0.212. The number of carbonyl (C=O) groups excluding carboxylic acids is 3. The van der Waals surface area contributed by atoms with E-state index in [0.717, 1.165) is 5.56 Å². The fraction of sp³-hybridized carbons (Fsp3) is 0.524. The summed E-state index contributed by atoms with van der Waals surface area (Å²) < 4.78 is 0. The van der Waals surface area contributed by atoms with Crippen LogP contribution in [-0.4, -0.2) is 64.9 Å². The topological polar surface area (TPSA) is 142 Å². The van der Waals surface area contributed by atoms with Gasteiger partial charge in [-0.2, -0.15) is 0 Å². The van der Waals surface area contributed by atoms with Gasteiger partial charge in [-0.05, 0) is 24.3 Å². The van der Waals surface area contributed by atoms with Crippen molar-refractivity contribution in [1.82, 2.24) is 15.5 Å². The van der Waals surface area contributed by atoms with Gasteiger partial charge in [-0.3, -0.25) is 14.4 Å². The zero-order valence-electron chi connectivity index (χ0n) is 17.3. The molecule has 9 nitrogen and oxygen atoms in total. The monoisotopic (exact) mass is 418 g/mol. The van der Waals surface area contributed by atoms with Gasteiger partial charge in [0, 0.05) is 13.0 Å². The lowest BCUT2D eigenvalue weighted by molar-refractivity contribution is -0.149. The molecule has 5 N–H and O–H groups in total. The van der Waals surface area contributed by atoms with Crippen LogP contribution in [0.1, 0.15) is 32.3 Å². The van der Waals surface area contributed by atoms with Crippen LogP contribution in [-0.2, 0) is 25.6 Å². The fourth-order valence-corrected chi connectivity index (χ4v) is 3.57. The molecule has 0 bridgehead atoms. The van der Waals surface area contributed by atoms with Gasteiger partial charge in [0.15, 0.2) is 0 Å². The van der Waals surface area contributed by atoms with Crippen molar-refractivity contribution in [3.63, 3.8) is 0 Å². The van der Waals surface area contributed by atoms with Crippen molar-refractivity contribution < 1.29 is 24.3 Å². The Morgan fingerprint density at radius 1 is 1.17 bits per heavy atom. The van der Waals surface area contributed by atoms with E-state index in [-0.39, 0.29) is 18.9 Å². The van der Waals surface area contributed by atoms with E-state index in [2.05, 4.69) is 10.6 Å². The lowest BCUT2D eigenvalue weighted by Gasteiger charge is -2.29.